The first-order valence-corrected chi connectivity index (χ1v) is 4.56. The number of rotatable bonds is 2. The van der Waals surface area contributed by atoms with Crippen LogP contribution in [-0.4, -0.2) is 15.9 Å². The second-order valence-corrected chi connectivity index (χ2v) is 3.89. The highest BCUT2D eigenvalue weighted by Gasteiger charge is 2.21. The molecule has 1 heterocycles. The Morgan fingerprint density at radius 1 is 1.43 bits per heavy atom. The zero-order valence-electron chi connectivity index (χ0n) is 8.34. The zero-order valence-corrected chi connectivity index (χ0v) is 9.09. The Kier molecular flexibility index (Phi) is 3.06. The van der Waals surface area contributed by atoms with Crippen LogP contribution in [0.3, 0.4) is 0 Å². The summed E-state index contributed by atoms with van der Waals surface area (Å²) in [4.78, 5) is 18.6. The van der Waals surface area contributed by atoms with Crippen LogP contribution in [0.25, 0.3) is 0 Å². The number of hydrogen-bond donors (Lipinski definition) is 1. The first-order chi connectivity index (χ1) is 6.42. The molecule has 0 aromatic carbocycles. The molecule has 0 saturated carbocycles. The summed E-state index contributed by atoms with van der Waals surface area (Å²) < 4.78 is 0. The third-order valence-corrected chi connectivity index (χ3v) is 2.03. The van der Waals surface area contributed by atoms with E-state index in [9.17, 15) is 4.79 Å². The highest BCUT2D eigenvalue weighted by atomic mass is 35.5. The van der Waals surface area contributed by atoms with Gasteiger partial charge < -0.3 is 5.32 Å². The van der Waals surface area contributed by atoms with Crippen LogP contribution >= 0.6 is 11.6 Å². The van der Waals surface area contributed by atoms with Gasteiger partial charge in [0.1, 0.15) is 0 Å². The van der Waals surface area contributed by atoms with E-state index in [1.807, 2.05) is 13.8 Å². The topological polar surface area (TPSA) is 54.9 Å². The maximum atomic E-state index is 10.9. The molecule has 0 atom stereocenters. The van der Waals surface area contributed by atoms with Crippen molar-refractivity contribution < 1.29 is 4.79 Å². The van der Waals surface area contributed by atoms with Gasteiger partial charge in [-0.2, -0.15) is 0 Å². The molecule has 5 heteroatoms. The summed E-state index contributed by atoms with van der Waals surface area (Å²) in [7, 11) is 0. The van der Waals surface area contributed by atoms with Crippen LogP contribution in [0.15, 0.2) is 12.4 Å². The van der Waals surface area contributed by atoms with E-state index in [0.29, 0.717) is 0 Å². The minimum absolute atomic E-state index is 0.0926. The number of halogens is 1. The number of carbonyl (C=O) groups excluding carboxylic acids is 1. The van der Waals surface area contributed by atoms with E-state index in [1.54, 1.807) is 12.4 Å². The highest BCUT2D eigenvalue weighted by molar-refractivity contribution is 6.28. The molecule has 0 fully saturated rings. The summed E-state index contributed by atoms with van der Waals surface area (Å²) in [5.41, 5.74) is 0.341. The number of hydrogen-bond acceptors (Lipinski definition) is 3. The van der Waals surface area contributed by atoms with E-state index in [0.717, 1.165) is 5.56 Å². The molecule has 1 rings (SSSR count). The fourth-order valence-corrected chi connectivity index (χ4v) is 1.24. The minimum atomic E-state index is -0.476. The Morgan fingerprint density at radius 3 is 2.36 bits per heavy atom. The average Bonchev–Trinajstić information content (AvgIpc) is 2.02. The summed E-state index contributed by atoms with van der Waals surface area (Å²) in [6, 6.07) is 0. The van der Waals surface area contributed by atoms with Crippen LogP contribution in [0.2, 0.25) is 5.28 Å². The molecule has 1 N–H and O–H groups in total. The van der Waals surface area contributed by atoms with Gasteiger partial charge >= 0.3 is 0 Å². The lowest BCUT2D eigenvalue weighted by atomic mass is 9.97. The van der Waals surface area contributed by atoms with E-state index >= 15 is 0 Å². The van der Waals surface area contributed by atoms with Gasteiger partial charge in [0.05, 0.1) is 5.54 Å². The first kappa shape index (κ1) is 10.9. The fourth-order valence-electron chi connectivity index (χ4n) is 1.15. The standard InChI is InChI=1S/C9H12ClN3O/c1-6(14)13-9(2,3)7-4-11-8(10)12-5-7/h4-5H,1-3H3,(H,13,14). The molecule has 1 amide bonds. The first-order valence-electron chi connectivity index (χ1n) is 4.18. The van der Waals surface area contributed by atoms with E-state index in [1.165, 1.54) is 6.92 Å². The Hall–Kier alpha value is -1.16. The van der Waals surface area contributed by atoms with Crippen LogP contribution in [0, 0.1) is 0 Å². The molecule has 0 aliphatic carbocycles. The second-order valence-electron chi connectivity index (χ2n) is 3.55. The molecule has 0 spiro atoms. The number of nitrogens with one attached hydrogen (secondary N) is 1. The van der Waals surface area contributed by atoms with Gasteiger partial charge in [-0.05, 0) is 25.4 Å². The number of nitrogens with zero attached hydrogens (tertiary/aromatic N) is 2. The van der Waals surface area contributed by atoms with E-state index in [4.69, 9.17) is 11.6 Å². The van der Waals surface area contributed by atoms with Crippen LogP contribution in [0.4, 0.5) is 0 Å². The van der Waals surface area contributed by atoms with Gasteiger partial charge in [-0.25, -0.2) is 9.97 Å². The van der Waals surface area contributed by atoms with Crippen molar-refractivity contribution in [1.29, 1.82) is 0 Å². The third kappa shape index (κ3) is 2.67. The largest absolute Gasteiger partial charge is 0.347 e. The lowest BCUT2D eigenvalue weighted by Crippen LogP contribution is -2.39. The maximum Gasteiger partial charge on any atom is 0.222 e. The lowest BCUT2D eigenvalue weighted by Gasteiger charge is -2.25. The van der Waals surface area contributed by atoms with Gasteiger partial charge in [0.2, 0.25) is 11.2 Å². The fraction of sp³-hybridized carbons (Fsp3) is 0.444. The molecule has 0 unspecified atom stereocenters. The summed E-state index contributed by atoms with van der Waals surface area (Å²) in [5.74, 6) is -0.0926. The van der Waals surface area contributed by atoms with Crippen LogP contribution < -0.4 is 5.32 Å². The summed E-state index contributed by atoms with van der Waals surface area (Å²) in [6.45, 7) is 5.22. The molecule has 0 aliphatic heterocycles. The van der Waals surface area contributed by atoms with Crippen molar-refractivity contribution in [3.63, 3.8) is 0 Å². The molecule has 14 heavy (non-hydrogen) atoms. The summed E-state index contributed by atoms with van der Waals surface area (Å²) in [6.07, 6.45) is 3.20. The predicted octanol–water partition coefficient (Wildman–Crippen LogP) is 1.50. The van der Waals surface area contributed by atoms with Crippen molar-refractivity contribution >= 4 is 17.5 Å². The van der Waals surface area contributed by atoms with Gasteiger partial charge in [0, 0.05) is 24.9 Å². The molecule has 1 aromatic rings. The maximum absolute atomic E-state index is 10.9. The van der Waals surface area contributed by atoms with Crippen molar-refractivity contribution in [2.75, 3.05) is 0 Å². The smallest absolute Gasteiger partial charge is 0.222 e. The number of aromatic nitrogens is 2. The Morgan fingerprint density at radius 2 is 1.93 bits per heavy atom. The SMILES string of the molecule is CC(=O)NC(C)(C)c1cnc(Cl)nc1. The predicted molar refractivity (Wildman–Crippen MR) is 53.9 cm³/mol. The molecule has 4 nitrogen and oxygen atoms in total. The monoisotopic (exact) mass is 213 g/mol. The van der Waals surface area contributed by atoms with Crippen LogP contribution in [0.5, 0.6) is 0 Å². The molecule has 0 bridgehead atoms. The third-order valence-electron chi connectivity index (χ3n) is 1.83. The van der Waals surface area contributed by atoms with Crippen LogP contribution in [0.1, 0.15) is 26.3 Å². The molecule has 1 aromatic heterocycles. The summed E-state index contributed by atoms with van der Waals surface area (Å²) >= 11 is 5.56. The number of carbonyl (C=O) groups is 1. The Balaban J connectivity index is 2.91. The molecule has 0 saturated heterocycles. The molecule has 0 radical (unpaired) electrons. The van der Waals surface area contributed by atoms with E-state index < -0.39 is 5.54 Å². The van der Waals surface area contributed by atoms with E-state index in [-0.39, 0.29) is 11.2 Å². The Bertz CT molecular complexity index is 334. The molecular formula is C9H12ClN3O. The lowest BCUT2D eigenvalue weighted by molar-refractivity contribution is -0.120. The van der Waals surface area contributed by atoms with Crippen LogP contribution in [-0.2, 0) is 10.3 Å². The van der Waals surface area contributed by atoms with Crippen molar-refractivity contribution in [3.05, 3.63) is 23.2 Å². The number of amides is 1. The minimum Gasteiger partial charge on any atom is -0.347 e. The van der Waals surface area contributed by atoms with Crippen molar-refractivity contribution in [2.24, 2.45) is 0 Å². The summed E-state index contributed by atoms with van der Waals surface area (Å²) in [5, 5.41) is 2.99. The van der Waals surface area contributed by atoms with Crippen molar-refractivity contribution in [2.45, 2.75) is 26.3 Å². The van der Waals surface area contributed by atoms with E-state index in [2.05, 4.69) is 15.3 Å². The quantitative estimate of drug-likeness (QED) is 0.758. The van der Waals surface area contributed by atoms with Gasteiger partial charge in [0.15, 0.2) is 0 Å². The average molecular weight is 214 g/mol. The Labute approximate surface area is 87.7 Å². The van der Waals surface area contributed by atoms with Gasteiger partial charge in [0.25, 0.3) is 0 Å². The van der Waals surface area contributed by atoms with Gasteiger partial charge in [-0.3, -0.25) is 4.79 Å². The highest BCUT2D eigenvalue weighted by Crippen LogP contribution is 2.18. The molecule has 76 valence electrons. The second kappa shape index (κ2) is 3.92. The molecular weight excluding hydrogens is 202 g/mol. The van der Waals surface area contributed by atoms with Gasteiger partial charge in [-0.15, -0.1) is 0 Å². The van der Waals surface area contributed by atoms with Crippen molar-refractivity contribution in [1.82, 2.24) is 15.3 Å². The zero-order chi connectivity index (χ0) is 10.8. The molecule has 0 aliphatic rings. The normalized spacial score (nSPS) is 11.1. The van der Waals surface area contributed by atoms with Crippen molar-refractivity contribution in [3.8, 4) is 0 Å². The van der Waals surface area contributed by atoms with Gasteiger partial charge in [-0.1, -0.05) is 0 Å².